The second-order valence-corrected chi connectivity index (χ2v) is 12.7. The third-order valence-electron chi connectivity index (χ3n) is 9.16. The normalized spacial score (nSPS) is 20.2. The highest BCUT2D eigenvalue weighted by molar-refractivity contribution is 7.16. The molecule has 2 aliphatic heterocycles. The quantitative estimate of drug-likeness (QED) is 0.285. The molecule has 1 aliphatic carbocycles. The number of hydrogen-bond donors (Lipinski definition) is 2. The largest absolute Gasteiger partial charge is 0.461 e. The molecule has 210 valence electrons. The number of imidazole rings is 1. The standard InChI is InChI=1S/C29H36N8O2S/c1-3-7-20-21(19(14-30)26(31)40-20)17-8-4-9-18-22(17)35-39-25(18)23-24-27(36(2)16-32-24)34-28(33-23)38-15-29-10-5-12-37(29)13-6-11-29/h14,16-17,30H,3-13,15,31H2,1-2H3. The number of nitrogens with zero attached hydrogens (tertiary/aromatic N) is 6. The number of nitrogen functional groups attached to an aromatic ring is 1. The van der Waals surface area contributed by atoms with Gasteiger partial charge in [-0.2, -0.15) is 9.97 Å². The van der Waals surface area contributed by atoms with E-state index in [1.165, 1.54) is 23.9 Å². The minimum absolute atomic E-state index is 0.0412. The second kappa shape index (κ2) is 9.95. The lowest BCUT2D eigenvalue weighted by Gasteiger charge is -2.31. The molecule has 4 aromatic heterocycles. The molecular weight excluding hydrogens is 524 g/mol. The Balaban J connectivity index is 1.29. The van der Waals surface area contributed by atoms with Crippen molar-refractivity contribution in [3.8, 4) is 17.5 Å². The van der Waals surface area contributed by atoms with E-state index in [1.54, 1.807) is 17.7 Å². The van der Waals surface area contributed by atoms with Crippen molar-refractivity contribution in [1.82, 2.24) is 29.6 Å². The van der Waals surface area contributed by atoms with Crippen molar-refractivity contribution < 1.29 is 9.26 Å². The van der Waals surface area contributed by atoms with E-state index < -0.39 is 0 Å². The molecule has 0 saturated carbocycles. The molecule has 11 heteroatoms. The van der Waals surface area contributed by atoms with Crippen molar-refractivity contribution in [3.05, 3.63) is 33.6 Å². The van der Waals surface area contributed by atoms with Gasteiger partial charge in [0.1, 0.15) is 17.8 Å². The van der Waals surface area contributed by atoms with Crippen LogP contribution in [0.2, 0.25) is 0 Å². The molecule has 3 aliphatic rings. The predicted molar refractivity (Wildman–Crippen MR) is 155 cm³/mol. The summed E-state index contributed by atoms with van der Waals surface area (Å²) in [4.78, 5) is 18.1. The Morgan fingerprint density at radius 3 is 2.85 bits per heavy atom. The van der Waals surface area contributed by atoms with Gasteiger partial charge in [-0.15, -0.1) is 11.3 Å². The molecule has 10 nitrogen and oxygen atoms in total. The molecule has 2 saturated heterocycles. The van der Waals surface area contributed by atoms with Gasteiger partial charge in [0, 0.05) is 35.2 Å². The number of aryl methyl sites for hydroxylation is 2. The minimum atomic E-state index is 0.0412. The maximum Gasteiger partial charge on any atom is 0.319 e. The zero-order chi connectivity index (χ0) is 27.4. The number of ether oxygens (including phenoxy) is 1. The zero-order valence-electron chi connectivity index (χ0n) is 23.2. The van der Waals surface area contributed by atoms with Crippen LogP contribution in [0.3, 0.4) is 0 Å². The van der Waals surface area contributed by atoms with Crippen LogP contribution < -0.4 is 10.5 Å². The zero-order valence-corrected chi connectivity index (χ0v) is 24.0. The summed E-state index contributed by atoms with van der Waals surface area (Å²) in [5.41, 5.74) is 12.5. The topological polar surface area (TPSA) is 132 Å². The molecule has 0 bridgehead atoms. The summed E-state index contributed by atoms with van der Waals surface area (Å²) in [6.07, 6.45) is 12.7. The summed E-state index contributed by atoms with van der Waals surface area (Å²) >= 11 is 1.60. The molecular formula is C29H36N8O2S. The third-order valence-corrected chi connectivity index (χ3v) is 10.3. The Labute approximate surface area is 237 Å². The molecule has 3 N–H and O–H groups in total. The van der Waals surface area contributed by atoms with Gasteiger partial charge in [-0.05, 0) is 70.0 Å². The highest BCUT2D eigenvalue weighted by Gasteiger charge is 2.45. The molecule has 0 spiro atoms. The minimum Gasteiger partial charge on any atom is -0.461 e. The van der Waals surface area contributed by atoms with Crippen molar-refractivity contribution in [2.75, 3.05) is 25.4 Å². The lowest BCUT2D eigenvalue weighted by atomic mass is 9.80. The SMILES string of the molecule is CCCc1sc(N)c(C=N)c1C1CCCc2c1noc2-c1nc(OCC23CCCN2CCC3)nc2c1ncn2C. The van der Waals surface area contributed by atoms with Gasteiger partial charge in [-0.3, -0.25) is 4.90 Å². The van der Waals surface area contributed by atoms with Crippen LogP contribution in [0.4, 0.5) is 5.00 Å². The summed E-state index contributed by atoms with van der Waals surface area (Å²) in [7, 11) is 1.94. The van der Waals surface area contributed by atoms with E-state index in [9.17, 15) is 0 Å². The van der Waals surface area contributed by atoms with E-state index in [0.717, 1.165) is 80.4 Å². The molecule has 0 radical (unpaired) electrons. The van der Waals surface area contributed by atoms with E-state index in [1.807, 2.05) is 11.6 Å². The summed E-state index contributed by atoms with van der Waals surface area (Å²) in [5.74, 6) is 0.688. The maximum atomic E-state index is 8.09. The highest BCUT2D eigenvalue weighted by Crippen LogP contribution is 2.46. The van der Waals surface area contributed by atoms with E-state index in [0.29, 0.717) is 40.2 Å². The summed E-state index contributed by atoms with van der Waals surface area (Å²) in [6, 6.07) is 0.360. The van der Waals surface area contributed by atoms with Gasteiger partial charge in [0.15, 0.2) is 11.4 Å². The number of thiophene rings is 1. The first kappa shape index (κ1) is 25.6. The highest BCUT2D eigenvalue weighted by atomic mass is 32.1. The lowest BCUT2D eigenvalue weighted by molar-refractivity contribution is 0.108. The fourth-order valence-corrected chi connectivity index (χ4v) is 8.48. The number of rotatable bonds is 8. The molecule has 2 fully saturated rings. The van der Waals surface area contributed by atoms with Gasteiger partial charge in [-0.25, -0.2) is 4.98 Å². The van der Waals surface area contributed by atoms with Crippen molar-refractivity contribution in [1.29, 1.82) is 5.41 Å². The Hall–Kier alpha value is -3.31. The first-order valence-corrected chi connectivity index (χ1v) is 15.3. The maximum absolute atomic E-state index is 8.09. The van der Waals surface area contributed by atoms with Crippen molar-refractivity contribution >= 4 is 33.7 Å². The Morgan fingerprint density at radius 2 is 2.08 bits per heavy atom. The Bertz CT molecular complexity index is 1580. The molecule has 6 heterocycles. The van der Waals surface area contributed by atoms with E-state index >= 15 is 0 Å². The summed E-state index contributed by atoms with van der Waals surface area (Å²) in [6.45, 7) is 5.07. The summed E-state index contributed by atoms with van der Waals surface area (Å²) < 4.78 is 14.4. The molecule has 7 rings (SSSR count). The predicted octanol–water partition coefficient (Wildman–Crippen LogP) is 5.09. The summed E-state index contributed by atoms with van der Waals surface area (Å²) in [5, 5.41) is 13.4. The number of anilines is 1. The molecule has 40 heavy (non-hydrogen) atoms. The van der Waals surface area contributed by atoms with E-state index in [2.05, 4.69) is 22.0 Å². The van der Waals surface area contributed by atoms with Crippen LogP contribution >= 0.6 is 11.3 Å². The van der Waals surface area contributed by atoms with Gasteiger partial charge in [0.2, 0.25) is 0 Å². The van der Waals surface area contributed by atoms with Crippen LogP contribution in [0.25, 0.3) is 22.6 Å². The van der Waals surface area contributed by atoms with Gasteiger partial charge in [-0.1, -0.05) is 18.5 Å². The van der Waals surface area contributed by atoms with Gasteiger partial charge >= 0.3 is 6.01 Å². The molecule has 1 unspecified atom stereocenters. The van der Waals surface area contributed by atoms with Crippen LogP contribution in [0.15, 0.2) is 10.9 Å². The van der Waals surface area contributed by atoms with Crippen LogP contribution in [0.1, 0.15) is 85.0 Å². The average Bonchev–Trinajstić information content (AvgIpc) is 3.76. The third kappa shape index (κ3) is 3.96. The molecule has 4 aromatic rings. The number of nitrogens with one attached hydrogen (secondary N) is 1. The first-order chi connectivity index (χ1) is 19.5. The van der Waals surface area contributed by atoms with Crippen LogP contribution in [0, 0.1) is 5.41 Å². The van der Waals surface area contributed by atoms with Crippen molar-refractivity contribution in [2.45, 2.75) is 76.2 Å². The number of fused-ring (bicyclic) bond motifs is 3. The smallest absolute Gasteiger partial charge is 0.319 e. The van der Waals surface area contributed by atoms with Crippen molar-refractivity contribution in [3.63, 3.8) is 0 Å². The van der Waals surface area contributed by atoms with Crippen LogP contribution in [0.5, 0.6) is 6.01 Å². The Kier molecular flexibility index (Phi) is 6.38. The van der Waals surface area contributed by atoms with Gasteiger partial charge in [0.25, 0.3) is 0 Å². The van der Waals surface area contributed by atoms with Crippen molar-refractivity contribution in [2.24, 2.45) is 7.05 Å². The first-order valence-electron chi connectivity index (χ1n) is 14.5. The molecule has 0 aromatic carbocycles. The van der Waals surface area contributed by atoms with E-state index in [4.69, 9.17) is 30.4 Å². The van der Waals surface area contributed by atoms with Gasteiger partial charge < -0.3 is 25.0 Å². The molecule has 1 atom stereocenters. The number of nitrogens with two attached hydrogens (primary N) is 1. The van der Waals surface area contributed by atoms with E-state index in [-0.39, 0.29) is 11.5 Å². The number of aromatic nitrogens is 5. The fraction of sp³-hybridized carbons (Fsp3) is 0.552. The fourth-order valence-electron chi connectivity index (χ4n) is 7.26. The second-order valence-electron chi connectivity index (χ2n) is 11.5. The van der Waals surface area contributed by atoms with Gasteiger partial charge in [0.05, 0.1) is 22.6 Å². The van der Waals surface area contributed by atoms with Crippen LogP contribution in [-0.4, -0.2) is 61.0 Å². The molecule has 0 amide bonds. The lowest BCUT2D eigenvalue weighted by Crippen LogP contribution is -2.43. The Morgan fingerprint density at radius 1 is 1.25 bits per heavy atom. The monoisotopic (exact) mass is 560 g/mol. The average molecular weight is 561 g/mol. The number of hydrogen-bond acceptors (Lipinski definition) is 10. The van der Waals surface area contributed by atoms with Crippen LogP contribution in [-0.2, 0) is 19.9 Å².